The van der Waals surface area contributed by atoms with E-state index in [0.717, 1.165) is 19.5 Å². The second kappa shape index (κ2) is 2.99. The lowest BCUT2D eigenvalue weighted by Gasteiger charge is -2.07. The molecular weight excluding hydrogens is 166 g/mol. The zero-order valence-electron chi connectivity index (χ0n) is 6.12. The summed E-state index contributed by atoms with van der Waals surface area (Å²) in [4.78, 5) is 10.5. The van der Waals surface area contributed by atoms with Crippen molar-refractivity contribution < 1.29 is 9.90 Å². The lowest BCUT2D eigenvalue weighted by atomic mass is 10.2. The van der Waals surface area contributed by atoms with Crippen LogP contribution in [0.4, 0.5) is 0 Å². The van der Waals surface area contributed by atoms with E-state index in [0.29, 0.717) is 11.8 Å². The van der Waals surface area contributed by atoms with Gasteiger partial charge in [0, 0.05) is 0 Å². The van der Waals surface area contributed by atoms with Gasteiger partial charge in [0.05, 0.1) is 5.92 Å². The van der Waals surface area contributed by atoms with Crippen molar-refractivity contribution in [1.29, 1.82) is 0 Å². The number of hydrogen-bond acceptors (Lipinski definition) is 2. The van der Waals surface area contributed by atoms with Crippen molar-refractivity contribution in [3.05, 3.63) is 0 Å². The van der Waals surface area contributed by atoms with Crippen molar-refractivity contribution in [3.63, 3.8) is 0 Å². The first kappa shape index (κ1) is 8.81. The Bertz CT molecular complexity index is 162. The summed E-state index contributed by atoms with van der Waals surface area (Å²) in [5.41, 5.74) is 0. The summed E-state index contributed by atoms with van der Waals surface area (Å²) in [7, 11) is 0. The smallest absolute Gasteiger partial charge is 0.307 e. The van der Waals surface area contributed by atoms with Crippen molar-refractivity contribution >= 4 is 18.4 Å². The molecule has 2 N–H and O–H groups in total. The molecule has 0 amide bonds. The summed E-state index contributed by atoms with van der Waals surface area (Å²) in [5.74, 6) is 0.332. The van der Waals surface area contributed by atoms with Gasteiger partial charge in [-0.05, 0) is 31.3 Å². The molecule has 3 nitrogen and oxygen atoms in total. The van der Waals surface area contributed by atoms with Gasteiger partial charge in [-0.1, -0.05) is 0 Å². The second-order valence-electron chi connectivity index (χ2n) is 3.18. The van der Waals surface area contributed by atoms with E-state index >= 15 is 0 Å². The molecule has 64 valence electrons. The summed E-state index contributed by atoms with van der Waals surface area (Å²) in [6.07, 6.45) is 1.06. The molecule has 0 unspecified atom stereocenters. The van der Waals surface area contributed by atoms with Gasteiger partial charge in [0.15, 0.2) is 0 Å². The average Bonchev–Trinajstić information content (AvgIpc) is 2.60. The summed E-state index contributed by atoms with van der Waals surface area (Å²) < 4.78 is 0. The zero-order chi connectivity index (χ0) is 7.14. The third-order valence-electron chi connectivity index (χ3n) is 2.65. The monoisotopic (exact) mass is 177 g/mol. The number of nitrogens with one attached hydrogen (secondary N) is 1. The molecule has 1 heterocycles. The van der Waals surface area contributed by atoms with Gasteiger partial charge in [-0.3, -0.25) is 4.79 Å². The number of piperidine rings is 1. The summed E-state index contributed by atoms with van der Waals surface area (Å²) in [6.45, 7) is 1.92. The van der Waals surface area contributed by atoms with Crippen molar-refractivity contribution in [2.24, 2.45) is 17.8 Å². The molecule has 1 saturated heterocycles. The highest BCUT2D eigenvalue weighted by atomic mass is 35.5. The molecule has 2 aliphatic rings. The van der Waals surface area contributed by atoms with Crippen LogP contribution in [-0.4, -0.2) is 24.2 Å². The zero-order valence-corrected chi connectivity index (χ0v) is 6.93. The SMILES string of the molecule is Cl.O=C(O)[C@H]1[C@@H]2CCNC[C@@H]21. The third kappa shape index (κ3) is 1.35. The van der Waals surface area contributed by atoms with Crippen molar-refractivity contribution in [2.75, 3.05) is 13.1 Å². The van der Waals surface area contributed by atoms with Crippen LogP contribution in [0.5, 0.6) is 0 Å². The maximum absolute atomic E-state index is 10.5. The van der Waals surface area contributed by atoms with Gasteiger partial charge in [-0.2, -0.15) is 0 Å². The van der Waals surface area contributed by atoms with Crippen LogP contribution in [0, 0.1) is 17.8 Å². The Morgan fingerprint density at radius 1 is 1.45 bits per heavy atom. The van der Waals surface area contributed by atoms with Crippen LogP contribution in [0.25, 0.3) is 0 Å². The minimum absolute atomic E-state index is 0. The molecule has 1 saturated carbocycles. The minimum Gasteiger partial charge on any atom is -0.481 e. The quantitative estimate of drug-likeness (QED) is 0.608. The van der Waals surface area contributed by atoms with Gasteiger partial charge in [0.2, 0.25) is 0 Å². The van der Waals surface area contributed by atoms with Gasteiger partial charge in [-0.15, -0.1) is 12.4 Å². The molecule has 0 spiro atoms. The van der Waals surface area contributed by atoms with E-state index in [1.54, 1.807) is 0 Å². The van der Waals surface area contributed by atoms with Crippen LogP contribution in [-0.2, 0) is 4.79 Å². The highest BCUT2D eigenvalue weighted by molar-refractivity contribution is 5.85. The Balaban J connectivity index is 0.000000605. The summed E-state index contributed by atoms with van der Waals surface area (Å²) in [5, 5.41) is 11.9. The van der Waals surface area contributed by atoms with E-state index in [9.17, 15) is 4.79 Å². The molecule has 0 bridgehead atoms. The van der Waals surface area contributed by atoms with Crippen LogP contribution < -0.4 is 5.32 Å². The van der Waals surface area contributed by atoms with Gasteiger partial charge < -0.3 is 10.4 Å². The fraction of sp³-hybridized carbons (Fsp3) is 0.857. The van der Waals surface area contributed by atoms with Gasteiger partial charge >= 0.3 is 5.97 Å². The highest BCUT2D eigenvalue weighted by Gasteiger charge is 2.55. The van der Waals surface area contributed by atoms with E-state index in [2.05, 4.69) is 5.32 Å². The molecule has 1 aliphatic heterocycles. The average molecular weight is 178 g/mol. The van der Waals surface area contributed by atoms with E-state index in [1.807, 2.05) is 0 Å². The lowest BCUT2D eigenvalue weighted by Crippen LogP contribution is -2.23. The van der Waals surface area contributed by atoms with Crippen molar-refractivity contribution in [1.82, 2.24) is 5.32 Å². The van der Waals surface area contributed by atoms with Crippen LogP contribution in [0.3, 0.4) is 0 Å². The second-order valence-corrected chi connectivity index (χ2v) is 3.18. The Morgan fingerprint density at radius 2 is 2.18 bits per heavy atom. The molecule has 11 heavy (non-hydrogen) atoms. The minimum atomic E-state index is -0.598. The molecule has 0 aromatic carbocycles. The maximum atomic E-state index is 10.5. The van der Waals surface area contributed by atoms with E-state index in [-0.39, 0.29) is 18.3 Å². The van der Waals surface area contributed by atoms with E-state index < -0.39 is 5.97 Å². The predicted molar refractivity (Wildman–Crippen MR) is 42.8 cm³/mol. The topological polar surface area (TPSA) is 49.3 Å². The molecule has 1 aliphatic carbocycles. The molecule has 4 heteroatoms. The molecular formula is C7H12ClNO2. The van der Waals surface area contributed by atoms with Gasteiger partial charge in [0.1, 0.15) is 0 Å². The number of rotatable bonds is 1. The standard InChI is InChI=1S/C7H11NO2.ClH/c9-7(10)6-4-1-2-8-3-5(4)6;/h4-6,8H,1-3H2,(H,9,10);1H/t4-,5+,6+;/m1./s1. The maximum Gasteiger partial charge on any atom is 0.307 e. The largest absolute Gasteiger partial charge is 0.481 e. The lowest BCUT2D eigenvalue weighted by molar-refractivity contribution is -0.139. The van der Waals surface area contributed by atoms with Gasteiger partial charge in [0.25, 0.3) is 0 Å². The van der Waals surface area contributed by atoms with E-state index in [4.69, 9.17) is 5.11 Å². The number of carboxylic acid groups (broad SMARTS) is 1. The first-order valence-electron chi connectivity index (χ1n) is 3.74. The first-order valence-corrected chi connectivity index (χ1v) is 3.74. The number of fused-ring (bicyclic) bond motifs is 1. The molecule has 0 aromatic rings. The summed E-state index contributed by atoms with van der Waals surface area (Å²) in [6, 6.07) is 0. The number of aliphatic carboxylic acids is 1. The third-order valence-corrected chi connectivity index (χ3v) is 2.65. The molecule has 0 aromatic heterocycles. The van der Waals surface area contributed by atoms with E-state index in [1.165, 1.54) is 0 Å². The number of halogens is 1. The first-order chi connectivity index (χ1) is 4.80. The summed E-state index contributed by atoms with van der Waals surface area (Å²) >= 11 is 0. The van der Waals surface area contributed by atoms with Crippen molar-refractivity contribution in [2.45, 2.75) is 6.42 Å². The van der Waals surface area contributed by atoms with Gasteiger partial charge in [-0.25, -0.2) is 0 Å². The molecule has 2 fully saturated rings. The number of hydrogen-bond donors (Lipinski definition) is 2. The molecule has 0 radical (unpaired) electrons. The fourth-order valence-electron chi connectivity index (χ4n) is 2.02. The predicted octanol–water partition coefficient (Wildman–Crippen LogP) is 0.348. The Hall–Kier alpha value is -0.280. The Kier molecular flexibility index (Phi) is 2.40. The van der Waals surface area contributed by atoms with Crippen LogP contribution >= 0.6 is 12.4 Å². The van der Waals surface area contributed by atoms with Crippen molar-refractivity contribution in [3.8, 4) is 0 Å². The molecule has 3 atom stereocenters. The fourth-order valence-corrected chi connectivity index (χ4v) is 2.02. The normalized spacial score (nSPS) is 40.2. The number of carbonyl (C=O) groups is 1. The molecule has 2 rings (SSSR count). The van der Waals surface area contributed by atoms with Crippen LogP contribution in [0.1, 0.15) is 6.42 Å². The Morgan fingerprint density at radius 3 is 2.64 bits per heavy atom. The number of carboxylic acids is 1. The van der Waals surface area contributed by atoms with Crippen LogP contribution in [0.15, 0.2) is 0 Å². The Labute approximate surface area is 71.6 Å². The van der Waals surface area contributed by atoms with Crippen LogP contribution in [0.2, 0.25) is 0 Å². The highest BCUT2D eigenvalue weighted by Crippen LogP contribution is 2.49.